The fourth-order valence-corrected chi connectivity index (χ4v) is 2.22. The number of thiophene rings is 1. The van der Waals surface area contributed by atoms with Crippen molar-refractivity contribution in [3.05, 3.63) is 56.6 Å². The highest BCUT2D eigenvalue weighted by molar-refractivity contribution is 7.10. The van der Waals surface area contributed by atoms with E-state index in [2.05, 4.69) is 0 Å². The molecule has 0 saturated carbocycles. The van der Waals surface area contributed by atoms with Gasteiger partial charge in [-0.3, -0.25) is 4.79 Å². The van der Waals surface area contributed by atoms with Gasteiger partial charge in [-0.05, 0) is 17.5 Å². The minimum Gasteiger partial charge on any atom is -0.319 e. The van der Waals surface area contributed by atoms with Crippen molar-refractivity contribution in [2.75, 3.05) is 0 Å². The molecule has 78 valence electrons. The van der Waals surface area contributed by atoms with Gasteiger partial charge in [-0.1, -0.05) is 12.1 Å². The molecule has 0 aliphatic rings. The number of nitrogens with two attached hydrogens (primary N) is 1. The van der Waals surface area contributed by atoms with Crippen LogP contribution in [0.1, 0.15) is 16.5 Å². The van der Waals surface area contributed by atoms with Gasteiger partial charge in [0.1, 0.15) is 0 Å². The first kappa shape index (κ1) is 10.1. The van der Waals surface area contributed by atoms with E-state index in [1.807, 2.05) is 23.6 Å². The molecule has 2 heterocycles. The van der Waals surface area contributed by atoms with Crippen LogP contribution in [-0.2, 0) is 7.05 Å². The summed E-state index contributed by atoms with van der Waals surface area (Å²) in [7, 11) is 1.73. The first-order chi connectivity index (χ1) is 7.20. The molecule has 0 aromatic carbocycles. The highest BCUT2D eigenvalue weighted by Gasteiger charge is 2.13. The smallest absolute Gasteiger partial charge is 0.255 e. The molecule has 2 aromatic rings. The number of aromatic nitrogens is 1. The average Bonchev–Trinajstić information content (AvgIpc) is 2.74. The second kappa shape index (κ2) is 4.00. The third-order valence-corrected chi connectivity index (χ3v) is 3.29. The molecule has 0 bridgehead atoms. The van der Waals surface area contributed by atoms with Gasteiger partial charge >= 0.3 is 0 Å². The standard InChI is InChI=1S/C11H12N2OS/c1-13-6-2-4-8(11(13)14)10(12)9-5-3-7-15-9/h2-7,10H,12H2,1H3. The van der Waals surface area contributed by atoms with Crippen LogP contribution in [-0.4, -0.2) is 4.57 Å². The first-order valence-corrected chi connectivity index (χ1v) is 5.52. The van der Waals surface area contributed by atoms with Crippen LogP contribution < -0.4 is 11.3 Å². The number of pyridine rings is 1. The van der Waals surface area contributed by atoms with Gasteiger partial charge in [0.25, 0.3) is 5.56 Å². The molecule has 2 rings (SSSR count). The summed E-state index contributed by atoms with van der Waals surface area (Å²) in [6, 6.07) is 7.19. The third kappa shape index (κ3) is 1.86. The summed E-state index contributed by atoms with van der Waals surface area (Å²) in [4.78, 5) is 12.8. The van der Waals surface area contributed by atoms with Crippen molar-refractivity contribution in [1.82, 2.24) is 4.57 Å². The van der Waals surface area contributed by atoms with E-state index in [0.29, 0.717) is 5.56 Å². The number of nitrogens with zero attached hydrogens (tertiary/aromatic N) is 1. The lowest BCUT2D eigenvalue weighted by atomic mass is 10.1. The minimum absolute atomic E-state index is 0.0293. The van der Waals surface area contributed by atoms with Gasteiger partial charge in [-0.25, -0.2) is 0 Å². The van der Waals surface area contributed by atoms with Crippen molar-refractivity contribution >= 4 is 11.3 Å². The van der Waals surface area contributed by atoms with Crippen molar-refractivity contribution in [3.63, 3.8) is 0 Å². The fourth-order valence-electron chi connectivity index (χ4n) is 1.48. The van der Waals surface area contributed by atoms with Crippen molar-refractivity contribution in [3.8, 4) is 0 Å². The summed E-state index contributed by atoms with van der Waals surface area (Å²) < 4.78 is 1.54. The molecule has 1 atom stereocenters. The van der Waals surface area contributed by atoms with Crippen molar-refractivity contribution in [1.29, 1.82) is 0 Å². The summed E-state index contributed by atoms with van der Waals surface area (Å²) in [6.07, 6.45) is 1.73. The highest BCUT2D eigenvalue weighted by Crippen LogP contribution is 2.20. The monoisotopic (exact) mass is 220 g/mol. The van der Waals surface area contributed by atoms with Crippen LogP contribution in [0.25, 0.3) is 0 Å². The van der Waals surface area contributed by atoms with E-state index in [4.69, 9.17) is 5.73 Å². The molecule has 0 spiro atoms. The van der Waals surface area contributed by atoms with Crippen LogP contribution in [0.3, 0.4) is 0 Å². The Morgan fingerprint density at radius 2 is 2.20 bits per heavy atom. The molecule has 2 aromatic heterocycles. The normalized spacial score (nSPS) is 12.7. The van der Waals surface area contributed by atoms with E-state index in [-0.39, 0.29) is 11.6 Å². The van der Waals surface area contributed by atoms with Gasteiger partial charge in [0, 0.05) is 23.7 Å². The Balaban J connectivity index is 2.47. The van der Waals surface area contributed by atoms with Crippen LogP contribution >= 0.6 is 11.3 Å². The maximum Gasteiger partial charge on any atom is 0.255 e. The molecule has 0 aliphatic carbocycles. The van der Waals surface area contributed by atoms with Crippen molar-refractivity contribution in [2.45, 2.75) is 6.04 Å². The average molecular weight is 220 g/mol. The lowest BCUT2D eigenvalue weighted by molar-refractivity contribution is 0.792. The zero-order valence-electron chi connectivity index (χ0n) is 8.38. The van der Waals surface area contributed by atoms with Crippen LogP contribution in [0.4, 0.5) is 0 Å². The first-order valence-electron chi connectivity index (χ1n) is 4.64. The second-order valence-electron chi connectivity index (χ2n) is 3.37. The molecule has 1 unspecified atom stereocenters. The zero-order valence-corrected chi connectivity index (χ0v) is 9.20. The molecule has 0 aliphatic heterocycles. The molecule has 0 amide bonds. The van der Waals surface area contributed by atoms with Gasteiger partial charge in [-0.15, -0.1) is 11.3 Å². The predicted octanol–water partition coefficient (Wildman–Crippen LogP) is 1.49. The molecule has 2 N–H and O–H groups in total. The van der Waals surface area contributed by atoms with E-state index in [1.165, 1.54) is 0 Å². The zero-order chi connectivity index (χ0) is 10.8. The second-order valence-corrected chi connectivity index (χ2v) is 4.35. The minimum atomic E-state index is -0.315. The van der Waals surface area contributed by atoms with Crippen LogP contribution in [0.15, 0.2) is 40.6 Å². The lowest BCUT2D eigenvalue weighted by Gasteiger charge is -2.09. The molecular formula is C11H12N2OS. The van der Waals surface area contributed by atoms with Gasteiger partial charge < -0.3 is 10.3 Å². The summed E-state index contributed by atoms with van der Waals surface area (Å²) in [5.74, 6) is 0. The van der Waals surface area contributed by atoms with E-state index in [1.54, 1.807) is 35.2 Å². The van der Waals surface area contributed by atoms with E-state index >= 15 is 0 Å². The molecular weight excluding hydrogens is 208 g/mol. The van der Waals surface area contributed by atoms with E-state index in [0.717, 1.165) is 4.88 Å². The largest absolute Gasteiger partial charge is 0.319 e. The van der Waals surface area contributed by atoms with Crippen molar-refractivity contribution < 1.29 is 0 Å². The van der Waals surface area contributed by atoms with Crippen LogP contribution in [0.2, 0.25) is 0 Å². The number of aryl methyl sites for hydroxylation is 1. The summed E-state index contributed by atoms with van der Waals surface area (Å²) in [5.41, 5.74) is 6.64. The lowest BCUT2D eigenvalue weighted by Crippen LogP contribution is -2.26. The molecule has 4 heteroatoms. The third-order valence-electron chi connectivity index (χ3n) is 2.34. The topological polar surface area (TPSA) is 48.0 Å². The molecule has 0 fully saturated rings. The Kier molecular flexibility index (Phi) is 2.70. The van der Waals surface area contributed by atoms with Gasteiger partial charge in [-0.2, -0.15) is 0 Å². The maximum atomic E-state index is 11.8. The van der Waals surface area contributed by atoms with Gasteiger partial charge in [0.05, 0.1) is 6.04 Å². The SMILES string of the molecule is Cn1cccc(C(N)c2cccs2)c1=O. The van der Waals surface area contributed by atoms with Gasteiger partial charge in [0.2, 0.25) is 0 Å². The van der Waals surface area contributed by atoms with Crippen LogP contribution in [0.5, 0.6) is 0 Å². The molecule has 3 nitrogen and oxygen atoms in total. The number of hydrogen-bond donors (Lipinski definition) is 1. The number of rotatable bonds is 2. The Bertz CT molecular complexity index is 502. The van der Waals surface area contributed by atoms with E-state index < -0.39 is 0 Å². The van der Waals surface area contributed by atoms with E-state index in [9.17, 15) is 4.79 Å². The predicted molar refractivity (Wildman–Crippen MR) is 62.0 cm³/mol. The quantitative estimate of drug-likeness (QED) is 0.833. The Hall–Kier alpha value is -1.39. The van der Waals surface area contributed by atoms with Crippen LogP contribution in [0, 0.1) is 0 Å². The summed E-state index contributed by atoms with van der Waals surface area (Å²) >= 11 is 1.57. The highest BCUT2D eigenvalue weighted by atomic mass is 32.1. The molecule has 15 heavy (non-hydrogen) atoms. The fraction of sp³-hybridized carbons (Fsp3) is 0.182. The Labute approximate surface area is 91.8 Å². The molecule has 0 radical (unpaired) electrons. The summed E-state index contributed by atoms with van der Waals surface area (Å²) in [5, 5.41) is 1.96. The van der Waals surface area contributed by atoms with Gasteiger partial charge in [0.15, 0.2) is 0 Å². The molecule has 0 saturated heterocycles. The van der Waals surface area contributed by atoms with Crippen molar-refractivity contribution in [2.24, 2.45) is 12.8 Å². The maximum absolute atomic E-state index is 11.8. The number of hydrogen-bond acceptors (Lipinski definition) is 3. The Morgan fingerprint density at radius 3 is 2.87 bits per heavy atom. The Morgan fingerprint density at radius 1 is 1.40 bits per heavy atom. The summed E-state index contributed by atoms with van der Waals surface area (Å²) in [6.45, 7) is 0.